The van der Waals surface area contributed by atoms with Crippen LogP contribution in [-0.4, -0.2) is 22.1 Å². The first-order valence-corrected chi connectivity index (χ1v) is 6.22. The molecular weight excluding hydrogens is 292 g/mol. The lowest BCUT2D eigenvalue weighted by Crippen LogP contribution is -2.25. The SMILES string of the molecule is Cn1ccnc(NC(=O)c2sccc2OC(F)F)c1=O. The minimum absolute atomic E-state index is 0.0574. The summed E-state index contributed by atoms with van der Waals surface area (Å²) in [5, 5.41) is 3.70. The molecule has 0 aliphatic rings. The quantitative estimate of drug-likeness (QED) is 0.932. The van der Waals surface area contributed by atoms with E-state index in [0.717, 1.165) is 11.3 Å². The molecule has 20 heavy (non-hydrogen) atoms. The predicted octanol–water partition coefficient (Wildman–Crippen LogP) is 1.70. The molecule has 0 aromatic carbocycles. The van der Waals surface area contributed by atoms with Gasteiger partial charge in [0.15, 0.2) is 5.82 Å². The van der Waals surface area contributed by atoms with Crippen molar-refractivity contribution in [3.05, 3.63) is 39.1 Å². The van der Waals surface area contributed by atoms with Crippen molar-refractivity contribution in [2.75, 3.05) is 5.32 Å². The minimum Gasteiger partial charge on any atom is -0.433 e. The van der Waals surface area contributed by atoms with Gasteiger partial charge in [0, 0.05) is 19.4 Å². The number of aryl methyl sites for hydroxylation is 1. The number of nitrogens with one attached hydrogen (secondary N) is 1. The second-order valence-corrected chi connectivity index (χ2v) is 4.55. The molecule has 0 fully saturated rings. The molecule has 0 unspecified atom stereocenters. The summed E-state index contributed by atoms with van der Waals surface area (Å²) < 4.78 is 29.8. The summed E-state index contributed by atoms with van der Waals surface area (Å²) in [6.45, 7) is -3.03. The van der Waals surface area contributed by atoms with Gasteiger partial charge < -0.3 is 14.6 Å². The van der Waals surface area contributed by atoms with Crippen LogP contribution in [0.15, 0.2) is 28.6 Å². The van der Waals surface area contributed by atoms with Gasteiger partial charge in [-0.15, -0.1) is 11.3 Å². The smallest absolute Gasteiger partial charge is 0.387 e. The second-order valence-electron chi connectivity index (χ2n) is 3.64. The highest BCUT2D eigenvalue weighted by Gasteiger charge is 2.19. The van der Waals surface area contributed by atoms with Crippen LogP contribution in [-0.2, 0) is 7.05 Å². The number of rotatable bonds is 4. The van der Waals surface area contributed by atoms with Crippen molar-refractivity contribution in [3.8, 4) is 5.75 Å². The number of hydrogen-bond acceptors (Lipinski definition) is 5. The molecule has 0 atom stereocenters. The predicted molar refractivity (Wildman–Crippen MR) is 68.4 cm³/mol. The van der Waals surface area contributed by atoms with Gasteiger partial charge in [-0.3, -0.25) is 9.59 Å². The van der Waals surface area contributed by atoms with Gasteiger partial charge in [-0.05, 0) is 11.4 Å². The number of carbonyl (C=O) groups excluding carboxylic acids is 1. The van der Waals surface area contributed by atoms with Crippen molar-refractivity contribution in [3.63, 3.8) is 0 Å². The Labute approximate surface area is 115 Å². The Balaban J connectivity index is 2.23. The van der Waals surface area contributed by atoms with Gasteiger partial charge in [0.1, 0.15) is 10.6 Å². The van der Waals surface area contributed by atoms with E-state index in [1.54, 1.807) is 0 Å². The lowest BCUT2D eigenvalue weighted by molar-refractivity contribution is -0.0498. The van der Waals surface area contributed by atoms with Crippen LogP contribution in [0.5, 0.6) is 5.75 Å². The standard InChI is InChI=1S/C11H9F2N3O3S/c1-16-4-3-14-8(10(16)18)15-9(17)7-6(2-5-20-7)19-11(12)13/h2-5,11H,1H3,(H,14,15,17). The molecule has 0 saturated heterocycles. The average Bonchev–Trinajstić information content (AvgIpc) is 2.82. The Morgan fingerprint density at radius 1 is 1.55 bits per heavy atom. The maximum absolute atomic E-state index is 12.2. The van der Waals surface area contributed by atoms with Gasteiger partial charge in [-0.1, -0.05) is 0 Å². The van der Waals surface area contributed by atoms with Crippen LogP contribution in [0.4, 0.5) is 14.6 Å². The molecule has 0 aliphatic carbocycles. The molecule has 0 spiro atoms. The lowest BCUT2D eigenvalue weighted by atomic mass is 10.4. The fourth-order valence-electron chi connectivity index (χ4n) is 1.40. The number of alkyl halides is 2. The maximum Gasteiger partial charge on any atom is 0.387 e. The monoisotopic (exact) mass is 301 g/mol. The van der Waals surface area contributed by atoms with Gasteiger partial charge in [0.2, 0.25) is 0 Å². The lowest BCUT2D eigenvalue weighted by Gasteiger charge is -2.06. The van der Waals surface area contributed by atoms with Crippen molar-refractivity contribution in [2.45, 2.75) is 6.61 Å². The Bertz CT molecular complexity index is 684. The van der Waals surface area contributed by atoms with Crippen LogP contribution in [0.2, 0.25) is 0 Å². The summed E-state index contributed by atoms with van der Waals surface area (Å²) in [6, 6.07) is 1.25. The average molecular weight is 301 g/mol. The summed E-state index contributed by atoms with van der Waals surface area (Å²) in [7, 11) is 1.50. The summed E-state index contributed by atoms with van der Waals surface area (Å²) in [6.07, 6.45) is 2.76. The van der Waals surface area contributed by atoms with E-state index in [-0.39, 0.29) is 16.4 Å². The molecular formula is C11H9F2N3O3S. The third-order valence-corrected chi connectivity index (χ3v) is 3.19. The number of aromatic nitrogens is 2. The van der Waals surface area contributed by atoms with Gasteiger partial charge in [0.05, 0.1) is 0 Å². The zero-order valence-corrected chi connectivity index (χ0v) is 11.0. The highest BCUT2D eigenvalue weighted by Crippen LogP contribution is 2.26. The van der Waals surface area contributed by atoms with Crippen molar-refractivity contribution < 1.29 is 18.3 Å². The van der Waals surface area contributed by atoms with E-state index in [9.17, 15) is 18.4 Å². The number of carbonyl (C=O) groups is 1. The third-order valence-electron chi connectivity index (χ3n) is 2.30. The van der Waals surface area contributed by atoms with Gasteiger partial charge in [0.25, 0.3) is 11.5 Å². The largest absolute Gasteiger partial charge is 0.433 e. The zero-order chi connectivity index (χ0) is 14.7. The Morgan fingerprint density at radius 2 is 2.30 bits per heavy atom. The number of ether oxygens (including phenoxy) is 1. The molecule has 9 heteroatoms. The topological polar surface area (TPSA) is 73.2 Å². The number of anilines is 1. The molecule has 2 aromatic rings. The summed E-state index contributed by atoms with van der Waals surface area (Å²) in [5.74, 6) is -1.15. The molecule has 1 N–H and O–H groups in total. The first kappa shape index (κ1) is 14.1. The summed E-state index contributed by atoms with van der Waals surface area (Å²) in [4.78, 5) is 27.3. The first-order chi connectivity index (χ1) is 9.49. The van der Waals surface area contributed by atoms with Crippen LogP contribution in [0.25, 0.3) is 0 Å². The van der Waals surface area contributed by atoms with Crippen LogP contribution < -0.4 is 15.6 Å². The fourth-order valence-corrected chi connectivity index (χ4v) is 2.12. The van der Waals surface area contributed by atoms with E-state index in [2.05, 4.69) is 15.0 Å². The highest BCUT2D eigenvalue weighted by atomic mass is 32.1. The van der Waals surface area contributed by atoms with Crippen LogP contribution >= 0.6 is 11.3 Å². The van der Waals surface area contributed by atoms with E-state index in [1.807, 2.05) is 0 Å². The molecule has 0 radical (unpaired) electrons. The highest BCUT2D eigenvalue weighted by molar-refractivity contribution is 7.12. The van der Waals surface area contributed by atoms with Gasteiger partial charge in [-0.2, -0.15) is 8.78 Å². The maximum atomic E-state index is 12.2. The van der Waals surface area contributed by atoms with Crippen molar-refractivity contribution in [2.24, 2.45) is 7.05 Å². The van der Waals surface area contributed by atoms with E-state index >= 15 is 0 Å². The van der Waals surface area contributed by atoms with Crippen LogP contribution in [0, 0.1) is 0 Å². The summed E-state index contributed by atoms with van der Waals surface area (Å²) >= 11 is 0.922. The zero-order valence-electron chi connectivity index (χ0n) is 10.2. The molecule has 0 bridgehead atoms. The van der Waals surface area contributed by atoms with Crippen LogP contribution in [0.3, 0.4) is 0 Å². The third kappa shape index (κ3) is 2.99. The minimum atomic E-state index is -3.03. The Kier molecular flexibility index (Phi) is 4.08. The fraction of sp³-hybridized carbons (Fsp3) is 0.182. The van der Waals surface area contributed by atoms with E-state index < -0.39 is 18.1 Å². The first-order valence-electron chi connectivity index (χ1n) is 5.34. The molecule has 2 heterocycles. The Morgan fingerprint density at radius 3 is 3.00 bits per heavy atom. The molecule has 0 aliphatic heterocycles. The second kappa shape index (κ2) is 5.78. The molecule has 2 aromatic heterocycles. The number of nitrogens with zero attached hydrogens (tertiary/aromatic N) is 2. The number of halogens is 2. The normalized spacial score (nSPS) is 10.6. The van der Waals surface area contributed by atoms with E-state index in [0.29, 0.717) is 0 Å². The van der Waals surface area contributed by atoms with Gasteiger partial charge >= 0.3 is 6.61 Å². The van der Waals surface area contributed by atoms with Gasteiger partial charge in [-0.25, -0.2) is 4.98 Å². The molecule has 0 saturated carbocycles. The number of thiophene rings is 1. The van der Waals surface area contributed by atoms with Crippen molar-refractivity contribution in [1.29, 1.82) is 0 Å². The number of hydrogen-bond donors (Lipinski definition) is 1. The molecule has 2 rings (SSSR count). The molecule has 106 valence electrons. The summed E-state index contributed by atoms with van der Waals surface area (Å²) in [5.41, 5.74) is -0.506. The van der Waals surface area contributed by atoms with E-state index in [1.165, 1.54) is 35.5 Å². The Hall–Kier alpha value is -2.29. The van der Waals surface area contributed by atoms with E-state index in [4.69, 9.17) is 0 Å². The number of amides is 1. The molecule has 6 nitrogen and oxygen atoms in total. The van der Waals surface area contributed by atoms with Crippen LogP contribution in [0.1, 0.15) is 9.67 Å². The van der Waals surface area contributed by atoms with Crippen molar-refractivity contribution in [1.82, 2.24) is 9.55 Å². The molecule has 1 amide bonds. The van der Waals surface area contributed by atoms with Crippen molar-refractivity contribution >= 4 is 23.1 Å².